The number of carbonyl (C=O) groups excluding carboxylic acids is 2. The van der Waals surface area contributed by atoms with Crippen molar-refractivity contribution in [1.82, 2.24) is 10.2 Å². The van der Waals surface area contributed by atoms with Gasteiger partial charge in [-0.1, -0.05) is 18.2 Å². The van der Waals surface area contributed by atoms with E-state index in [9.17, 15) is 33.0 Å². The highest BCUT2D eigenvalue weighted by molar-refractivity contribution is 7.12. The third-order valence-corrected chi connectivity index (χ3v) is 5.44. The Morgan fingerprint density at radius 3 is 2.56 bits per heavy atom. The molecule has 0 bridgehead atoms. The molecule has 27 heavy (non-hydrogen) atoms. The predicted molar refractivity (Wildman–Crippen MR) is 90.3 cm³/mol. The number of ketones is 1. The molecule has 3 atom stereocenters. The van der Waals surface area contributed by atoms with Gasteiger partial charge in [-0.15, -0.1) is 11.3 Å². The van der Waals surface area contributed by atoms with Crippen LogP contribution in [-0.4, -0.2) is 45.9 Å². The molecule has 1 saturated heterocycles. The van der Waals surface area contributed by atoms with E-state index in [1.165, 1.54) is 35.7 Å². The molecule has 0 unspecified atom stereocenters. The number of nitrogens with one attached hydrogen (secondary N) is 1. The van der Waals surface area contributed by atoms with Crippen molar-refractivity contribution in [3.63, 3.8) is 0 Å². The molecule has 2 amide bonds. The maximum atomic E-state index is 13.9. The van der Waals surface area contributed by atoms with Crippen LogP contribution in [0.25, 0.3) is 0 Å². The second-order valence-electron chi connectivity index (χ2n) is 6.12. The SMILES string of the molecule is CN1C(=O)N[C@H](c2cccc(O)c2)[C@@H](C(=O)c2cccs2)[C@]1(O)C(F)(F)F. The van der Waals surface area contributed by atoms with Gasteiger partial charge >= 0.3 is 12.2 Å². The van der Waals surface area contributed by atoms with Gasteiger partial charge in [0.1, 0.15) is 11.7 Å². The molecule has 10 heteroatoms. The van der Waals surface area contributed by atoms with Crippen LogP contribution < -0.4 is 5.32 Å². The molecule has 0 aliphatic carbocycles. The van der Waals surface area contributed by atoms with E-state index >= 15 is 0 Å². The molecule has 1 aliphatic heterocycles. The number of amides is 2. The molecule has 2 aromatic rings. The molecule has 144 valence electrons. The fraction of sp³-hybridized carbons (Fsp3) is 0.294. The lowest BCUT2D eigenvalue weighted by atomic mass is 9.78. The summed E-state index contributed by atoms with van der Waals surface area (Å²) >= 11 is 0.930. The quantitative estimate of drug-likeness (QED) is 0.691. The smallest absolute Gasteiger partial charge is 0.437 e. The van der Waals surface area contributed by atoms with Gasteiger partial charge in [0, 0.05) is 7.05 Å². The van der Waals surface area contributed by atoms with Crippen molar-refractivity contribution in [2.45, 2.75) is 17.9 Å². The van der Waals surface area contributed by atoms with Gasteiger partial charge in [0.05, 0.1) is 10.9 Å². The summed E-state index contributed by atoms with van der Waals surface area (Å²) in [4.78, 5) is 25.2. The summed E-state index contributed by atoms with van der Waals surface area (Å²) in [6.07, 6.45) is -5.30. The van der Waals surface area contributed by atoms with Crippen LogP contribution in [0.15, 0.2) is 41.8 Å². The van der Waals surface area contributed by atoms with Crippen molar-refractivity contribution in [2.75, 3.05) is 7.05 Å². The number of nitrogens with zero attached hydrogens (tertiary/aromatic N) is 1. The average molecular weight is 400 g/mol. The molecular formula is C17H15F3N2O4S. The number of phenolic OH excluding ortho intramolecular Hbond substituents is 1. The minimum atomic E-state index is -5.30. The number of alkyl halides is 3. The molecule has 1 aromatic carbocycles. The minimum absolute atomic E-state index is 0.0115. The molecule has 0 spiro atoms. The van der Waals surface area contributed by atoms with Crippen molar-refractivity contribution >= 4 is 23.2 Å². The zero-order chi connectivity index (χ0) is 20.0. The molecule has 3 rings (SSSR count). The summed E-state index contributed by atoms with van der Waals surface area (Å²) in [5.41, 5.74) is -3.67. The van der Waals surface area contributed by atoms with Crippen LogP contribution in [0.5, 0.6) is 5.75 Å². The van der Waals surface area contributed by atoms with Crippen LogP contribution >= 0.6 is 11.3 Å². The summed E-state index contributed by atoms with van der Waals surface area (Å²) in [5, 5.41) is 24.2. The standard InChI is InChI=1S/C17H15F3N2O4S/c1-22-15(25)21-13(9-4-2-5-10(23)8-9)12(16(22,26)17(18,19)20)14(24)11-6-3-7-27-11/h2-8,12-13,23,26H,1H3,(H,21,25)/t12-,13+,16-/m0/s1. The second kappa shape index (κ2) is 6.54. The topological polar surface area (TPSA) is 89.9 Å². The van der Waals surface area contributed by atoms with Gasteiger partial charge in [-0.25, -0.2) is 4.79 Å². The number of phenols is 1. The number of halogens is 3. The highest BCUT2D eigenvalue weighted by Gasteiger charge is 2.69. The van der Waals surface area contributed by atoms with Crippen molar-refractivity contribution < 1.29 is 33.0 Å². The number of aromatic hydroxyl groups is 1. The van der Waals surface area contributed by atoms with E-state index in [1.54, 1.807) is 0 Å². The monoisotopic (exact) mass is 400 g/mol. The number of hydrogen-bond donors (Lipinski definition) is 3. The van der Waals surface area contributed by atoms with Crippen LogP contribution in [0, 0.1) is 5.92 Å². The molecule has 1 aliphatic rings. The maximum absolute atomic E-state index is 13.9. The Balaban J connectivity index is 2.21. The van der Waals surface area contributed by atoms with E-state index in [-0.39, 0.29) is 21.1 Å². The molecular weight excluding hydrogens is 385 g/mol. The van der Waals surface area contributed by atoms with Gasteiger partial charge in [-0.2, -0.15) is 13.2 Å². The van der Waals surface area contributed by atoms with Gasteiger partial charge in [0.25, 0.3) is 5.72 Å². The maximum Gasteiger partial charge on any atom is 0.437 e. The largest absolute Gasteiger partial charge is 0.508 e. The summed E-state index contributed by atoms with van der Waals surface area (Å²) < 4.78 is 41.7. The van der Waals surface area contributed by atoms with E-state index < -0.39 is 35.7 Å². The van der Waals surface area contributed by atoms with Crippen molar-refractivity contribution in [3.8, 4) is 5.75 Å². The summed E-state index contributed by atoms with van der Waals surface area (Å²) in [6.45, 7) is 0. The van der Waals surface area contributed by atoms with Gasteiger partial charge in [0.2, 0.25) is 0 Å². The Kier molecular flexibility index (Phi) is 4.64. The third-order valence-electron chi connectivity index (χ3n) is 4.56. The second-order valence-corrected chi connectivity index (χ2v) is 7.07. The lowest BCUT2D eigenvalue weighted by Gasteiger charge is -2.49. The van der Waals surface area contributed by atoms with Crippen molar-refractivity contribution in [3.05, 3.63) is 52.2 Å². The van der Waals surface area contributed by atoms with Crippen LogP contribution in [-0.2, 0) is 0 Å². The Morgan fingerprint density at radius 2 is 2.00 bits per heavy atom. The van der Waals surface area contributed by atoms with Gasteiger partial charge < -0.3 is 15.5 Å². The lowest BCUT2D eigenvalue weighted by molar-refractivity contribution is -0.322. The number of rotatable bonds is 3. The molecule has 2 heterocycles. The van der Waals surface area contributed by atoms with Crippen LogP contribution in [0.4, 0.5) is 18.0 Å². The third kappa shape index (κ3) is 3.04. The number of hydrogen-bond acceptors (Lipinski definition) is 5. The van der Waals surface area contributed by atoms with E-state index in [2.05, 4.69) is 5.32 Å². The van der Waals surface area contributed by atoms with Gasteiger partial charge in [0.15, 0.2) is 5.78 Å². The number of thiophene rings is 1. The molecule has 3 N–H and O–H groups in total. The summed E-state index contributed by atoms with van der Waals surface area (Å²) in [5.74, 6) is -3.30. The molecule has 1 aromatic heterocycles. The van der Waals surface area contributed by atoms with Crippen LogP contribution in [0.3, 0.4) is 0 Å². The van der Waals surface area contributed by atoms with Crippen molar-refractivity contribution in [2.24, 2.45) is 5.92 Å². The first kappa shape index (κ1) is 19.2. The van der Waals surface area contributed by atoms with E-state index in [0.29, 0.717) is 0 Å². The normalized spacial score (nSPS) is 26.0. The first-order valence-electron chi connectivity index (χ1n) is 7.77. The zero-order valence-electron chi connectivity index (χ0n) is 13.9. The Morgan fingerprint density at radius 1 is 1.30 bits per heavy atom. The Labute approximate surface area is 155 Å². The fourth-order valence-electron chi connectivity index (χ4n) is 3.18. The number of benzene rings is 1. The van der Waals surface area contributed by atoms with E-state index in [0.717, 1.165) is 24.5 Å². The summed E-state index contributed by atoms with van der Waals surface area (Å²) in [6, 6.07) is 5.32. The first-order valence-corrected chi connectivity index (χ1v) is 8.65. The molecule has 6 nitrogen and oxygen atoms in total. The zero-order valence-corrected chi connectivity index (χ0v) is 14.7. The molecule has 0 saturated carbocycles. The Hall–Kier alpha value is -2.59. The number of urea groups is 1. The summed E-state index contributed by atoms with van der Waals surface area (Å²) in [7, 11) is 0.774. The number of aliphatic hydroxyl groups is 1. The van der Waals surface area contributed by atoms with E-state index in [1.807, 2.05) is 0 Å². The average Bonchev–Trinajstić information content (AvgIpc) is 3.12. The van der Waals surface area contributed by atoms with E-state index in [4.69, 9.17) is 0 Å². The van der Waals surface area contributed by atoms with Crippen LogP contribution in [0.1, 0.15) is 21.3 Å². The number of carbonyl (C=O) groups is 2. The fourth-order valence-corrected chi connectivity index (χ4v) is 3.88. The minimum Gasteiger partial charge on any atom is -0.508 e. The molecule has 1 fully saturated rings. The first-order chi connectivity index (χ1) is 12.6. The Bertz CT molecular complexity index is 871. The van der Waals surface area contributed by atoms with Gasteiger partial charge in [-0.3, -0.25) is 9.69 Å². The number of Topliss-reactive ketones (excluding diaryl/α,β-unsaturated/α-hetero) is 1. The van der Waals surface area contributed by atoms with Gasteiger partial charge in [-0.05, 0) is 29.1 Å². The predicted octanol–water partition coefficient (Wildman–Crippen LogP) is 2.90. The lowest BCUT2D eigenvalue weighted by Crippen LogP contribution is -2.72. The molecule has 0 radical (unpaired) electrons. The van der Waals surface area contributed by atoms with Crippen LogP contribution in [0.2, 0.25) is 0 Å². The van der Waals surface area contributed by atoms with Crippen molar-refractivity contribution in [1.29, 1.82) is 0 Å². The highest BCUT2D eigenvalue weighted by atomic mass is 32.1. The highest BCUT2D eigenvalue weighted by Crippen LogP contribution is 2.48.